The first-order valence-electron chi connectivity index (χ1n) is 7.44. The quantitative estimate of drug-likeness (QED) is 0.858. The van der Waals surface area contributed by atoms with Gasteiger partial charge in [-0.3, -0.25) is 0 Å². The molecular weight excluding hydrogens is 250 g/mol. The third-order valence-electron chi connectivity index (χ3n) is 4.35. The van der Waals surface area contributed by atoms with Crippen molar-refractivity contribution in [2.45, 2.75) is 32.2 Å². The summed E-state index contributed by atoms with van der Waals surface area (Å²) in [6, 6.07) is 4.86. The van der Waals surface area contributed by atoms with Crippen LogP contribution in [-0.2, 0) is 6.42 Å². The van der Waals surface area contributed by atoms with E-state index in [1.165, 1.54) is 24.1 Å². The van der Waals surface area contributed by atoms with Gasteiger partial charge in [0.25, 0.3) is 0 Å². The summed E-state index contributed by atoms with van der Waals surface area (Å²) in [7, 11) is 6.02. The van der Waals surface area contributed by atoms with Gasteiger partial charge in [0.05, 0.1) is 12.8 Å². The highest BCUT2D eigenvalue weighted by Crippen LogP contribution is 2.33. The predicted molar refractivity (Wildman–Crippen MR) is 85.7 cm³/mol. The molecule has 0 amide bonds. The molecule has 1 aliphatic heterocycles. The fourth-order valence-corrected chi connectivity index (χ4v) is 3.01. The lowest BCUT2D eigenvalue weighted by atomic mass is 10.0. The fraction of sp³-hybridized carbons (Fsp3) is 0.625. The summed E-state index contributed by atoms with van der Waals surface area (Å²) in [5.74, 6) is 0.784. The Bertz CT molecular complexity index is 451. The first kappa shape index (κ1) is 15.0. The highest BCUT2D eigenvalue weighted by molar-refractivity contribution is 5.67. The Morgan fingerprint density at radius 3 is 2.45 bits per heavy atom. The lowest BCUT2D eigenvalue weighted by Crippen LogP contribution is -2.42. The first-order chi connectivity index (χ1) is 9.56. The molecule has 4 nitrogen and oxygen atoms in total. The van der Waals surface area contributed by atoms with Gasteiger partial charge in [-0.05, 0) is 45.0 Å². The van der Waals surface area contributed by atoms with Crippen LogP contribution in [0.2, 0.25) is 0 Å². The number of rotatable bonds is 4. The normalized spacial score (nSPS) is 16.8. The lowest BCUT2D eigenvalue weighted by molar-refractivity contribution is 0.249. The SMILES string of the molecule is CCc1cc(N)c(OC)cc1N1CCC(N(C)C)CC1. The minimum Gasteiger partial charge on any atom is -0.495 e. The van der Waals surface area contributed by atoms with E-state index in [0.717, 1.165) is 30.9 Å². The second-order valence-electron chi connectivity index (χ2n) is 5.76. The average molecular weight is 277 g/mol. The molecule has 1 saturated heterocycles. The fourth-order valence-electron chi connectivity index (χ4n) is 3.01. The van der Waals surface area contributed by atoms with Crippen LogP contribution in [-0.4, -0.2) is 45.2 Å². The van der Waals surface area contributed by atoms with Crippen LogP contribution in [0.15, 0.2) is 12.1 Å². The zero-order valence-corrected chi connectivity index (χ0v) is 13.1. The molecule has 2 N–H and O–H groups in total. The van der Waals surface area contributed by atoms with Gasteiger partial charge in [0.15, 0.2) is 0 Å². The van der Waals surface area contributed by atoms with Crippen molar-refractivity contribution in [3.63, 3.8) is 0 Å². The molecular formula is C16H27N3O. The molecule has 2 rings (SSSR count). The number of benzene rings is 1. The molecule has 4 heteroatoms. The average Bonchev–Trinajstić information content (AvgIpc) is 2.47. The molecule has 1 fully saturated rings. The van der Waals surface area contributed by atoms with E-state index in [1.807, 2.05) is 0 Å². The molecule has 0 bridgehead atoms. The minimum atomic E-state index is 0.701. The number of nitrogens with two attached hydrogens (primary N) is 1. The monoisotopic (exact) mass is 277 g/mol. The summed E-state index contributed by atoms with van der Waals surface area (Å²) in [6.45, 7) is 4.38. The van der Waals surface area contributed by atoms with E-state index in [9.17, 15) is 0 Å². The van der Waals surface area contributed by atoms with E-state index in [1.54, 1.807) is 7.11 Å². The number of ether oxygens (including phenoxy) is 1. The molecule has 0 unspecified atom stereocenters. The highest BCUT2D eigenvalue weighted by atomic mass is 16.5. The van der Waals surface area contributed by atoms with Gasteiger partial charge in [0, 0.05) is 30.9 Å². The Kier molecular flexibility index (Phi) is 4.76. The van der Waals surface area contributed by atoms with Crippen LogP contribution in [0.1, 0.15) is 25.3 Å². The highest BCUT2D eigenvalue weighted by Gasteiger charge is 2.22. The third-order valence-corrected chi connectivity index (χ3v) is 4.35. The van der Waals surface area contributed by atoms with E-state index in [0.29, 0.717) is 6.04 Å². The topological polar surface area (TPSA) is 41.7 Å². The smallest absolute Gasteiger partial charge is 0.143 e. The summed E-state index contributed by atoms with van der Waals surface area (Å²) < 4.78 is 5.38. The number of nitrogens with zero attached hydrogens (tertiary/aromatic N) is 2. The largest absolute Gasteiger partial charge is 0.495 e. The number of hydrogen-bond donors (Lipinski definition) is 1. The molecule has 20 heavy (non-hydrogen) atoms. The third kappa shape index (κ3) is 3.01. The van der Waals surface area contributed by atoms with Crippen molar-refractivity contribution in [3.8, 4) is 5.75 Å². The van der Waals surface area contributed by atoms with Gasteiger partial charge in [0.2, 0.25) is 0 Å². The number of methoxy groups -OCH3 is 1. The Balaban J connectivity index is 2.20. The van der Waals surface area contributed by atoms with E-state index in [-0.39, 0.29) is 0 Å². The number of anilines is 2. The Labute approximate surface area is 122 Å². The van der Waals surface area contributed by atoms with Gasteiger partial charge < -0.3 is 20.3 Å². The van der Waals surface area contributed by atoms with Crippen LogP contribution in [0.5, 0.6) is 5.75 Å². The summed E-state index contributed by atoms with van der Waals surface area (Å²) in [4.78, 5) is 4.81. The molecule has 0 saturated carbocycles. The van der Waals surface area contributed by atoms with Gasteiger partial charge in [-0.2, -0.15) is 0 Å². The molecule has 0 radical (unpaired) electrons. The second kappa shape index (κ2) is 6.35. The van der Waals surface area contributed by atoms with Crippen LogP contribution < -0.4 is 15.4 Å². The van der Waals surface area contributed by atoms with Crippen LogP contribution in [0, 0.1) is 0 Å². The summed E-state index contributed by atoms with van der Waals surface area (Å²) >= 11 is 0. The number of nitrogen functional groups attached to an aromatic ring is 1. The number of piperidine rings is 1. The predicted octanol–water partition coefficient (Wildman–Crippen LogP) is 2.37. The van der Waals surface area contributed by atoms with Crippen molar-refractivity contribution in [2.75, 3.05) is 44.9 Å². The van der Waals surface area contributed by atoms with Crippen LogP contribution >= 0.6 is 0 Å². The van der Waals surface area contributed by atoms with Crippen molar-refractivity contribution >= 4 is 11.4 Å². The standard InChI is InChI=1S/C16H27N3O/c1-5-12-10-14(17)16(20-4)11-15(12)19-8-6-13(7-9-19)18(2)3/h10-11,13H,5-9,17H2,1-4H3. The van der Waals surface area contributed by atoms with Gasteiger partial charge in [-0.1, -0.05) is 6.92 Å². The van der Waals surface area contributed by atoms with E-state index < -0.39 is 0 Å². The molecule has 1 aromatic carbocycles. The zero-order chi connectivity index (χ0) is 14.7. The summed E-state index contributed by atoms with van der Waals surface area (Å²) in [5.41, 5.74) is 9.35. The molecule has 0 aliphatic carbocycles. The first-order valence-corrected chi connectivity index (χ1v) is 7.44. The Morgan fingerprint density at radius 1 is 1.30 bits per heavy atom. The van der Waals surface area contributed by atoms with Crippen molar-refractivity contribution in [2.24, 2.45) is 0 Å². The van der Waals surface area contributed by atoms with Crippen LogP contribution in [0.4, 0.5) is 11.4 Å². The number of aryl methyl sites for hydroxylation is 1. The van der Waals surface area contributed by atoms with Crippen molar-refractivity contribution < 1.29 is 4.74 Å². The van der Waals surface area contributed by atoms with Crippen molar-refractivity contribution in [1.29, 1.82) is 0 Å². The van der Waals surface area contributed by atoms with Crippen molar-refractivity contribution in [3.05, 3.63) is 17.7 Å². The molecule has 0 spiro atoms. The van der Waals surface area contributed by atoms with Gasteiger partial charge in [0.1, 0.15) is 5.75 Å². The summed E-state index contributed by atoms with van der Waals surface area (Å²) in [6.07, 6.45) is 3.42. The minimum absolute atomic E-state index is 0.701. The second-order valence-corrected chi connectivity index (χ2v) is 5.76. The Morgan fingerprint density at radius 2 is 1.95 bits per heavy atom. The molecule has 0 aromatic heterocycles. The summed E-state index contributed by atoms with van der Waals surface area (Å²) in [5, 5.41) is 0. The maximum atomic E-state index is 6.02. The number of hydrogen-bond acceptors (Lipinski definition) is 4. The van der Waals surface area contributed by atoms with E-state index in [4.69, 9.17) is 10.5 Å². The maximum Gasteiger partial charge on any atom is 0.143 e. The van der Waals surface area contributed by atoms with Gasteiger partial charge in [-0.15, -0.1) is 0 Å². The molecule has 1 heterocycles. The van der Waals surface area contributed by atoms with Gasteiger partial charge in [-0.25, -0.2) is 0 Å². The van der Waals surface area contributed by atoms with E-state index >= 15 is 0 Å². The van der Waals surface area contributed by atoms with Gasteiger partial charge >= 0.3 is 0 Å². The molecule has 1 aromatic rings. The zero-order valence-electron chi connectivity index (χ0n) is 13.1. The van der Waals surface area contributed by atoms with E-state index in [2.05, 4.69) is 43.0 Å². The van der Waals surface area contributed by atoms with Crippen LogP contribution in [0.3, 0.4) is 0 Å². The molecule has 0 atom stereocenters. The van der Waals surface area contributed by atoms with Crippen LogP contribution in [0.25, 0.3) is 0 Å². The van der Waals surface area contributed by atoms with Crippen molar-refractivity contribution in [1.82, 2.24) is 4.90 Å². The molecule has 112 valence electrons. The Hall–Kier alpha value is -1.42. The molecule has 1 aliphatic rings. The lowest BCUT2D eigenvalue weighted by Gasteiger charge is -2.37. The maximum absolute atomic E-state index is 6.02.